The van der Waals surface area contributed by atoms with Gasteiger partial charge in [-0.3, -0.25) is 9.80 Å². The average molecular weight is 353 g/mol. The number of benzene rings is 1. The summed E-state index contributed by atoms with van der Waals surface area (Å²) in [6.07, 6.45) is 12.0. The molecule has 6 rings (SSSR count). The lowest BCUT2D eigenvalue weighted by Gasteiger charge is -2.61. The number of hydrogen-bond donors (Lipinski definition) is 0. The SMILES string of the molecule is COc1ccc2c(c1)[C@]13CCCC[C@H]1[C@H](C2)N(C1CC2CCN1C2)CC3. The maximum atomic E-state index is 5.61. The number of likely N-dealkylation sites (tertiary alicyclic amines) is 1. The van der Waals surface area contributed by atoms with Crippen LogP contribution in [-0.2, 0) is 11.8 Å². The second-order valence-corrected chi connectivity index (χ2v) is 9.66. The summed E-state index contributed by atoms with van der Waals surface area (Å²) in [6, 6.07) is 7.76. The smallest absolute Gasteiger partial charge is 0.119 e. The van der Waals surface area contributed by atoms with E-state index in [1.54, 1.807) is 11.1 Å². The molecule has 5 aliphatic rings. The Morgan fingerprint density at radius 1 is 1.12 bits per heavy atom. The van der Waals surface area contributed by atoms with Gasteiger partial charge in [-0.25, -0.2) is 0 Å². The Bertz CT molecular complexity index is 718. The number of ether oxygens (including phenoxy) is 1. The minimum atomic E-state index is 0.439. The molecule has 0 radical (unpaired) electrons. The molecule has 1 aromatic carbocycles. The molecule has 140 valence electrons. The van der Waals surface area contributed by atoms with Gasteiger partial charge >= 0.3 is 0 Å². The van der Waals surface area contributed by atoms with E-state index in [1.165, 1.54) is 71.0 Å². The summed E-state index contributed by atoms with van der Waals surface area (Å²) < 4.78 is 5.61. The molecule has 0 spiro atoms. The fourth-order valence-electron chi connectivity index (χ4n) is 7.63. The van der Waals surface area contributed by atoms with E-state index in [1.807, 2.05) is 7.11 Å². The van der Waals surface area contributed by atoms with E-state index < -0.39 is 0 Å². The summed E-state index contributed by atoms with van der Waals surface area (Å²) in [6.45, 7) is 4.03. The molecule has 3 heteroatoms. The highest BCUT2D eigenvalue weighted by molar-refractivity contribution is 5.45. The number of hydrogen-bond acceptors (Lipinski definition) is 3. The minimum absolute atomic E-state index is 0.439. The zero-order valence-corrected chi connectivity index (χ0v) is 16.1. The van der Waals surface area contributed by atoms with E-state index in [4.69, 9.17) is 4.74 Å². The van der Waals surface area contributed by atoms with Crippen LogP contribution in [0, 0.1) is 11.8 Å². The lowest BCUT2D eigenvalue weighted by atomic mass is 9.52. The van der Waals surface area contributed by atoms with Gasteiger partial charge in [0, 0.05) is 24.5 Å². The molecule has 2 aliphatic carbocycles. The van der Waals surface area contributed by atoms with Crippen LogP contribution < -0.4 is 4.74 Å². The minimum Gasteiger partial charge on any atom is -0.497 e. The van der Waals surface area contributed by atoms with Gasteiger partial charge in [-0.15, -0.1) is 0 Å². The molecular weight excluding hydrogens is 320 g/mol. The fraction of sp³-hybridized carbons (Fsp3) is 0.739. The highest BCUT2D eigenvalue weighted by Crippen LogP contribution is 2.57. The van der Waals surface area contributed by atoms with Crippen molar-refractivity contribution in [3.63, 3.8) is 0 Å². The molecule has 4 bridgehead atoms. The number of rotatable bonds is 2. The monoisotopic (exact) mass is 352 g/mol. The van der Waals surface area contributed by atoms with Crippen LogP contribution in [0.1, 0.15) is 56.1 Å². The molecule has 3 aliphatic heterocycles. The van der Waals surface area contributed by atoms with E-state index in [2.05, 4.69) is 28.0 Å². The van der Waals surface area contributed by atoms with Crippen LogP contribution in [0.25, 0.3) is 0 Å². The molecule has 26 heavy (non-hydrogen) atoms. The lowest BCUT2D eigenvalue weighted by Crippen LogP contribution is -2.64. The third-order valence-electron chi connectivity index (χ3n) is 8.75. The van der Waals surface area contributed by atoms with Gasteiger partial charge in [0.2, 0.25) is 0 Å². The first-order valence-corrected chi connectivity index (χ1v) is 11.0. The Kier molecular flexibility index (Phi) is 3.51. The molecule has 0 N–H and O–H groups in total. The van der Waals surface area contributed by atoms with E-state index >= 15 is 0 Å². The van der Waals surface area contributed by atoms with Gasteiger partial charge in [0.15, 0.2) is 0 Å². The summed E-state index contributed by atoms with van der Waals surface area (Å²) >= 11 is 0. The average Bonchev–Trinajstić information content (AvgIpc) is 3.31. The maximum Gasteiger partial charge on any atom is 0.119 e. The van der Waals surface area contributed by atoms with Gasteiger partial charge in [0.25, 0.3) is 0 Å². The van der Waals surface area contributed by atoms with E-state index in [0.29, 0.717) is 5.41 Å². The maximum absolute atomic E-state index is 5.61. The third-order valence-corrected chi connectivity index (χ3v) is 8.75. The summed E-state index contributed by atoms with van der Waals surface area (Å²) in [5.74, 6) is 2.91. The zero-order chi connectivity index (χ0) is 17.3. The summed E-state index contributed by atoms with van der Waals surface area (Å²) in [7, 11) is 1.82. The van der Waals surface area contributed by atoms with Crippen molar-refractivity contribution in [2.75, 3.05) is 26.7 Å². The molecule has 6 atom stereocenters. The fourth-order valence-corrected chi connectivity index (χ4v) is 7.63. The highest BCUT2D eigenvalue weighted by atomic mass is 16.5. The van der Waals surface area contributed by atoms with Crippen molar-refractivity contribution < 1.29 is 4.74 Å². The molecule has 3 saturated heterocycles. The van der Waals surface area contributed by atoms with Crippen molar-refractivity contribution in [3.05, 3.63) is 29.3 Å². The van der Waals surface area contributed by atoms with Crippen LogP contribution in [0.2, 0.25) is 0 Å². The standard InChI is InChI=1S/C23H32N2O/c1-26-18-6-5-17-13-21-19-4-2-3-8-23(19,20(17)14-18)9-11-25(21)22-12-16-7-10-24(22)15-16/h5-6,14,16,19,21-22H,2-4,7-13,15H2,1H3/t16?,19-,21-,22?,23-/m0/s1. The molecule has 0 aromatic heterocycles. The van der Waals surface area contributed by atoms with Crippen molar-refractivity contribution in [2.24, 2.45) is 11.8 Å². The Hall–Kier alpha value is -1.06. The van der Waals surface area contributed by atoms with E-state index in [9.17, 15) is 0 Å². The molecule has 3 heterocycles. The molecular formula is C23H32N2O. The van der Waals surface area contributed by atoms with Gasteiger partial charge in [-0.1, -0.05) is 18.9 Å². The summed E-state index contributed by atoms with van der Waals surface area (Å²) in [4.78, 5) is 5.78. The second kappa shape index (κ2) is 5.72. The van der Waals surface area contributed by atoms with Crippen LogP contribution in [0.15, 0.2) is 18.2 Å². The van der Waals surface area contributed by atoms with Gasteiger partial charge in [-0.2, -0.15) is 0 Å². The Labute approximate surface area is 157 Å². The zero-order valence-electron chi connectivity index (χ0n) is 16.1. The molecule has 4 fully saturated rings. The lowest BCUT2D eigenvalue weighted by molar-refractivity contribution is -0.0677. The van der Waals surface area contributed by atoms with E-state index in [0.717, 1.165) is 29.8 Å². The first-order valence-electron chi connectivity index (χ1n) is 11.0. The number of methoxy groups -OCH3 is 1. The normalized spacial score (nSPS) is 43.8. The van der Waals surface area contributed by atoms with Crippen molar-refractivity contribution in [1.29, 1.82) is 0 Å². The Morgan fingerprint density at radius 2 is 2.08 bits per heavy atom. The van der Waals surface area contributed by atoms with Crippen LogP contribution in [0.3, 0.4) is 0 Å². The van der Waals surface area contributed by atoms with Crippen LogP contribution in [0.5, 0.6) is 5.75 Å². The third kappa shape index (κ3) is 2.08. The first-order chi connectivity index (χ1) is 12.8. The first kappa shape index (κ1) is 15.9. The number of fused-ring (bicyclic) bond motifs is 3. The summed E-state index contributed by atoms with van der Waals surface area (Å²) in [5, 5.41) is 0. The predicted molar refractivity (Wildman–Crippen MR) is 104 cm³/mol. The van der Waals surface area contributed by atoms with Gasteiger partial charge in [0.05, 0.1) is 13.3 Å². The van der Waals surface area contributed by atoms with Crippen molar-refractivity contribution in [3.8, 4) is 5.75 Å². The quantitative estimate of drug-likeness (QED) is 0.805. The molecule has 1 aromatic rings. The predicted octanol–water partition coefficient (Wildman–Crippen LogP) is 3.81. The van der Waals surface area contributed by atoms with Crippen LogP contribution in [-0.4, -0.2) is 48.8 Å². The van der Waals surface area contributed by atoms with Crippen molar-refractivity contribution >= 4 is 0 Å². The largest absolute Gasteiger partial charge is 0.497 e. The van der Waals surface area contributed by atoms with Gasteiger partial charge in [-0.05, 0) is 80.2 Å². The molecule has 3 nitrogen and oxygen atoms in total. The van der Waals surface area contributed by atoms with Crippen molar-refractivity contribution in [1.82, 2.24) is 9.80 Å². The molecule has 3 unspecified atom stereocenters. The Morgan fingerprint density at radius 3 is 2.88 bits per heavy atom. The second-order valence-electron chi connectivity index (χ2n) is 9.66. The van der Waals surface area contributed by atoms with Crippen molar-refractivity contribution in [2.45, 2.75) is 69.0 Å². The van der Waals surface area contributed by atoms with E-state index in [-0.39, 0.29) is 0 Å². The molecule has 0 amide bonds. The van der Waals surface area contributed by atoms with Gasteiger partial charge in [0.1, 0.15) is 5.75 Å². The van der Waals surface area contributed by atoms with Crippen LogP contribution >= 0.6 is 0 Å². The van der Waals surface area contributed by atoms with Gasteiger partial charge < -0.3 is 4.74 Å². The van der Waals surface area contributed by atoms with Crippen LogP contribution in [0.4, 0.5) is 0 Å². The number of piperidine rings is 2. The Balaban J connectivity index is 1.41. The molecule has 1 saturated carbocycles. The highest BCUT2D eigenvalue weighted by Gasteiger charge is 2.56. The number of nitrogens with zero attached hydrogens (tertiary/aromatic N) is 2. The topological polar surface area (TPSA) is 15.7 Å². The summed E-state index contributed by atoms with van der Waals surface area (Å²) in [5.41, 5.74) is 3.72.